The van der Waals surface area contributed by atoms with E-state index in [9.17, 15) is 4.79 Å². The molecule has 2 aromatic carbocycles. The zero-order chi connectivity index (χ0) is 23.4. The minimum Gasteiger partial charge on any atom is -0.493 e. The summed E-state index contributed by atoms with van der Waals surface area (Å²) in [5.41, 5.74) is 3.97. The number of amides is 1. The molecule has 174 valence electrons. The molecular weight excluding hydrogens is 442 g/mol. The number of aryl methyl sites for hydroxylation is 1. The molecular formula is C25H28ClN3O4. The van der Waals surface area contributed by atoms with Crippen LogP contribution in [-0.4, -0.2) is 42.1 Å². The summed E-state index contributed by atoms with van der Waals surface area (Å²) in [5.74, 6) is 1.14. The number of rotatable bonds is 8. The van der Waals surface area contributed by atoms with Crippen LogP contribution in [0.15, 0.2) is 42.5 Å². The largest absolute Gasteiger partial charge is 0.493 e. The first kappa shape index (κ1) is 23.1. The Morgan fingerprint density at radius 3 is 2.64 bits per heavy atom. The van der Waals surface area contributed by atoms with Crippen LogP contribution in [0.25, 0.3) is 5.69 Å². The maximum absolute atomic E-state index is 12.6. The van der Waals surface area contributed by atoms with Gasteiger partial charge in [0.1, 0.15) is 6.61 Å². The van der Waals surface area contributed by atoms with Gasteiger partial charge in [-0.25, -0.2) is 4.68 Å². The van der Waals surface area contributed by atoms with Gasteiger partial charge in [0.25, 0.3) is 5.91 Å². The van der Waals surface area contributed by atoms with Gasteiger partial charge in [-0.1, -0.05) is 17.7 Å². The summed E-state index contributed by atoms with van der Waals surface area (Å²) in [5, 5.41) is 8.04. The van der Waals surface area contributed by atoms with Crippen LogP contribution in [0, 0.1) is 13.8 Å². The van der Waals surface area contributed by atoms with Crippen LogP contribution in [0.1, 0.15) is 40.2 Å². The second kappa shape index (κ2) is 10.3. The Balaban J connectivity index is 1.36. The second-order valence-corrected chi connectivity index (χ2v) is 8.44. The summed E-state index contributed by atoms with van der Waals surface area (Å²) in [6, 6.07) is 12.9. The molecule has 1 aromatic heterocycles. The minimum atomic E-state index is -0.161. The summed E-state index contributed by atoms with van der Waals surface area (Å²) in [6.07, 6.45) is 2.23. The van der Waals surface area contributed by atoms with Gasteiger partial charge >= 0.3 is 0 Å². The lowest BCUT2D eigenvalue weighted by Gasteiger charge is -2.15. The van der Waals surface area contributed by atoms with Gasteiger partial charge in [0.15, 0.2) is 11.5 Å². The van der Waals surface area contributed by atoms with Crippen molar-refractivity contribution in [3.05, 3.63) is 70.0 Å². The highest BCUT2D eigenvalue weighted by Gasteiger charge is 2.17. The lowest BCUT2D eigenvalue weighted by molar-refractivity contribution is 0.0669. The maximum atomic E-state index is 12.6. The quantitative estimate of drug-likeness (QED) is 0.520. The molecule has 7 nitrogen and oxygen atoms in total. The van der Waals surface area contributed by atoms with Gasteiger partial charge in [-0.05, 0) is 68.7 Å². The molecule has 4 rings (SSSR count). The lowest BCUT2D eigenvalue weighted by atomic mass is 10.1. The zero-order valence-electron chi connectivity index (χ0n) is 19.1. The van der Waals surface area contributed by atoms with E-state index in [0.717, 1.165) is 42.1 Å². The highest BCUT2D eigenvalue weighted by atomic mass is 35.5. The molecule has 0 spiro atoms. The number of halogens is 1. The van der Waals surface area contributed by atoms with Gasteiger partial charge in [-0.2, -0.15) is 5.10 Å². The SMILES string of the molecule is COc1cc(CNC(=O)c2ccc(-n3nc(C)c(Cl)c3C)cc2)ccc1OCC1CCCO1. The van der Waals surface area contributed by atoms with Gasteiger partial charge in [0, 0.05) is 18.7 Å². The van der Waals surface area contributed by atoms with Gasteiger partial charge in [-0.3, -0.25) is 4.79 Å². The van der Waals surface area contributed by atoms with Crippen LogP contribution < -0.4 is 14.8 Å². The molecule has 2 heterocycles. The number of carbonyl (C=O) groups is 1. The van der Waals surface area contributed by atoms with Crippen molar-refractivity contribution >= 4 is 17.5 Å². The molecule has 1 fully saturated rings. The summed E-state index contributed by atoms with van der Waals surface area (Å²) in [4.78, 5) is 12.6. The number of ether oxygens (including phenoxy) is 3. The Hall–Kier alpha value is -3.03. The van der Waals surface area contributed by atoms with Crippen molar-refractivity contribution in [1.82, 2.24) is 15.1 Å². The number of hydrogen-bond acceptors (Lipinski definition) is 5. The molecule has 1 amide bonds. The molecule has 8 heteroatoms. The first-order valence-corrected chi connectivity index (χ1v) is 11.4. The fourth-order valence-electron chi connectivity index (χ4n) is 3.81. The van der Waals surface area contributed by atoms with E-state index in [4.69, 9.17) is 25.8 Å². The Labute approximate surface area is 198 Å². The standard InChI is InChI=1S/C25H28ClN3O4/c1-16-24(26)17(2)29(28-16)20-9-7-19(8-10-20)25(30)27-14-18-6-11-22(23(13-18)31-3)33-15-21-5-4-12-32-21/h6-11,13,21H,4-5,12,14-15H2,1-3H3,(H,27,30). The highest BCUT2D eigenvalue weighted by molar-refractivity contribution is 6.31. The fourth-order valence-corrected chi connectivity index (χ4v) is 3.93. The van der Waals surface area contributed by atoms with Crippen LogP contribution in [-0.2, 0) is 11.3 Å². The predicted molar refractivity (Wildman–Crippen MR) is 127 cm³/mol. The first-order chi connectivity index (χ1) is 16.0. The Morgan fingerprint density at radius 2 is 2.00 bits per heavy atom. The summed E-state index contributed by atoms with van der Waals surface area (Å²) in [7, 11) is 1.61. The molecule has 0 aliphatic carbocycles. The number of methoxy groups -OCH3 is 1. The number of nitrogens with zero attached hydrogens (tertiary/aromatic N) is 2. The monoisotopic (exact) mass is 469 g/mol. The average Bonchev–Trinajstić information content (AvgIpc) is 3.45. The van der Waals surface area contributed by atoms with E-state index < -0.39 is 0 Å². The zero-order valence-corrected chi connectivity index (χ0v) is 19.8. The van der Waals surface area contributed by atoms with E-state index in [1.807, 2.05) is 44.2 Å². The van der Waals surface area contributed by atoms with E-state index in [2.05, 4.69) is 10.4 Å². The van der Waals surface area contributed by atoms with Crippen molar-refractivity contribution in [3.63, 3.8) is 0 Å². The van der Waals surface area contributed by atoms with Crippen molar-refractivity contribution in [2.45, 2.75) is 39.3 Å². The highest BCUT2D eigenvalue weighted by Crippen LogP contribution is 2.29. The number of benzene rings is 2. The van der Waals surface area contributed by atoms with Crippen LogP contribution in [0.3, 0.4) is 0 Å². The van der Waals surface area contributed by atoms with Gasteiger partial charge in [-0.15, -0.1) is 0 Å². The third kappa shape index (κ3) is 5.31. The predicted octanol–water partition coefficient (Wildman–Crippen LogP) is 4.64. The third-order valence-electron chi connectivity index (χ3n) is 5.71. The van der Waals surface area contributed by atoms with Gasteiger partial charge in [0.05, 0.1) is 35.3 Å². The van der Waals surface area contributed by atoms with E-state index in [1.54, 1.807) is 23.9 Å². The van der Waals surface area contributed by atoms with Crippen molar-refractivity contribution < 1.29 is 19.0 Å². The summed E-state index contributed by atoms with van der Waals surface area (Å²) < 4.78 is 18.7. The molecule has 1 aliphatic rings. The maximum Gasteiger partial charge on any atom is 0.251 e. The van der Waals surface area contributed by atoms with Gasteiger partial charge in [0.2, 0.25) is 0 Å². The Bertz CT molecular complexity index is 1120. The number of carbonyl (C=O) groups excluding carboxylic acids is 1. The summed E-state index contributed by atoms with van der Waals surface area (Å²) in [6.45, 7) is 5.45. The summed E-state index contributed by atoms with van der Waals surface area (Å²) >= 11 is 6.24. The number of aromatic nitrogens is 2. The molecule has 0 saturated carbocycles. The number of nitrogens with one attached hydrogen (secondary N) is 1. The molecule has 1 N–H and O–H groups in total. The second-order valence-electron chi connectivity index (χ2n) is 8.06. The minimum absolute atomic E-state index is 0.137. The molecule has 0 radical (unpaired) electrons. The van der Waals surface area contributed by atoms with Gasteiger partial charge < -0.3 is 19.5 Å². The van der Waals surface area contributed by atoms with Crippen LogP contribution in [0.5, 0.6) is 11.5 Å². The Morgan fingerprint density at radius 1 is 1.21 bits per heavy atom. The molecule has 1 saturated heterocycles. The van der Waals surface area contributed by atoms with Crippen molar-refractivity contribution in [1.29, 1.82) is 0 Å². The molecule has 0 bridgehead atoms. The normalized spacial score (nSPS) is 15.5. The van der Waals surface area contributed by atoms with Crippen LogP contribution in [0.2, 0.25) is 5.02 Å². The van der Waals surface area contributed by atoms with E-state index in [-0.39, 0.29) is 12.0 Å². The smallest absolute Gasteiger partial charge is 0.251 e. The third-order valence-corrected chi connectivity index (χ3v) is 6.25. The first-order valence-electron chi connectivity index (χ1n) is 11.0. The van der Waals surface area contributed by atoms with Crippen molar-refractivity contribution in [2.24, 2.45) is 0 Å². The molecule has 1 aliphatic heterocycles. The van der Waals surface area contributed by atoms with E-state index >= 15 is 0 Å². The molecule has 33 heavy (non-hydrogen) atoms. The Kier molecular flexibility index (Phi) is 7.20. The molecule has 1 atom stereocenters. The average molecular weight is 470 g/mol. The molecule has 3 aromatic rings. The van der Waals surface area contributed by atoms with Crippen molar-refractivity contribution in [2.75, 3.05) is 20.3 Å². The fraction of sp³-hybridized carbons (Fsp3) is 0.360. The van der Waals surface area contributed by atoms with E-state index in [0.29, 0.717) is 35.2 Å². The number of hydrogen-bond donors (Lipinski definition) is 1. The van der Waals surface area contributed by atoms with Crippen molar-refractivity contribution in [3.8, 4) is 17.2 Å². The molecule has 1 unspecified atom stereocenters. The van der Waals surface area contributed by atoms with Crippen LogP contribution in [0.4, 0.5) is 0 Å². The topological polar surface area (TPSA) is 74.6 Å². The van der Waals surface area contributed by atoms with E-state index in [1.165, 1.54) is 0 Å². The lowest BCUT2D eigenvalue weighted by Crippen LogP contribution is -2.22. The van der Waals surface area contributed by atoms with Crippen LogP contribution >= 0.6 is 11.6 Å².